The summed E-state index contributed by atoms with van der Waals surface area (Å²) in [5.74, 6) is 0.249. The number of hydrogen-bond donors (Lipinski definition) is 5. The molecule has 0 aliphatic carbocycles. The molecule has 2 rings (SSSR count). The molecule has 150 valence electrons. The van der Waals surface area contributed by atoms with Crippen LogP contribution < -0.4 is 21.1 Å². The highest BCUT2D eigenvalue weighted by molar-refractivity contribution is 7.46. The predicted octanol–water partition coefficient (Wildman–Crippen LogP) is 1.68. The number of nitrogens with one attached hydrogen (secondary N) is 2. The number of nitrogen functional groups attached to an aromatic ring is 1. The topological polar surface area (TPSA) is 181 Å². The molecule has 1 aromatic carbocycles. The first-order valence-electron chi connectivity index (χ1n) is 7.83. The van der Waals surface area contributed by atoms with Crippen molar-refractivity contribution in [2.75, 3.05) is 31.4 Å². The summed E-state index contributed by atoms with van der Waals surface area (Å²) in [7, 11) is -3.00. The molecule has 0 radical (unpaired) electrons. The minimum atomic E-state index is -4.64. The average Bonchev–Trinajstić information content (AvgIpc) is 2.61. The zero-order valence-electron chi connectivity index (χ0n) is 14.8. The van der Waals surface area contributed by atoms with Gasteiger partial charge in [-0.1, -0.05) is 12.1 Å². The highest BCUT2D eigenvalue weighted by atomic mass is 31.2. The second-order valence-electron chi connectivity index (χ2n) is 5.23. The molecular formula is C15H19N6O6P. The molecule has 2 aromatic rings. The van der Waals surface area contributed by atoms with Gasteiger partial charge < -0.3 is 30.9 Å². The lowest BCUT2D eigenvalue weighted by Crippen LogP contribution is -2.25. The fraction of sp³-hybridized carbons (Fsp3) is 0.200. The van der Waals surface area contributed by atoms with E-state index in [1.54, 1.807) is 25.2 Å². The van der Waals surface area contributed by atoms with E-state index in [2.05, 4.69) is 30.4 Å². The van der Waals surface area contributed by atoms with Gasteiger partial charge in [-0.2, -0.15) is 0 Å². The number of para-hydroxylation sites is 1. The van der Waals surface area contributed by atoms with E-state index in [1.165, 1.54) is 18.2 Å². The molecule has 0 saturated carbocycles. The molecule has 1 heterocycles. The van der Waals surface area contributed by atoms with Gasteiger partial charge in [-0.3, -0.25) is 4.79 Å². The van der Waals surface area contributed by atoms with E-state index in [0.717, 1.165) is 0 Å². The fourth-order valence-corrected chi connectivity index (χ4v) is 2.09. The van der Waals surface area contributed by atoms with Crippen LogP contribution in [-0.2, 0) is 13.9 Å². The third-order valence-corrected chi connectivity index (χ3v) is 3.52. The summed E-state index contributed by atoms with van der Waals surface area (Å²) in [6.45, 7) is -0.535. The molecule has 1 amide bonds. The van der Waals surface area contributed by atoms with E-state index in [4.69, 9.17) is 20.3 Å². The Morgan fingerprint density at radius 3 is 2.61 bits per heavy atom. The Bertz CT molecular complexity index is 902. The number of likely N-dealkylation sites (N-methyl/N-ethyl adjacent to an activating group) is 1. The smallest absolute Gasteiger partial charge is 0.465 e. The van der Waals surface area contributed by atoms with Crippen molar-refractivity contribution in [1.82, 2.24) is 10.3 Å². The first kappa shape index (κ1) is 21.4. The van der Waals surface area contributed by atoms with E-state index >= 15 is 0 Å². The molecule has 0 aliphatic rings. The number of nitrogens with zero attached hydrogens (tertiary/aromatic N) is 3. The second-order valence-corrected chi connectivity index (χ2v) is 6.47. The Morgan fingerprint density at radius 1 is 1.21 bits per heavy atom. The minimum Gasteiger partial charge on any atom is -0.465 e. The summed E-state index contributed by atoms with van der Waals surface area (Å²) in [4.78, 5) is 32.9. The first-order valence-corrected chi connectivity index (χ1v) is 9.36. The van der Waals surface area contributed by atoms with Crippen LogP contribution in [0.25, 0.3) is 0 Å². The third kappa shape index (κ3) is 7.02. The standard InChI is InChI=1S/C15H19N6O6P/c1-17-8-14(22)18-13-7-6-11(15(16)19-13)21-20-10-4-2-3-5-12(10)26-9-27-28(23,24)25/h2-7,17H,8-9H2,1H3,(H2,23,24,25)(H3,16,18,19,22)/b21-20+. The van der Waals surface area contributed by atoms with Gasteiger partial charge in [0, 0.05) is 0 Å². The van der Waals surface area contributed by atoms with Crippen molar-refractivity contribution in [3.63, 3.8) is 0 Å². The number of benzene rings is 1. The van der Waals surface area contributed by atoms with Crippen molar-refractivity contribution in [3.05, 3.63) is 36.4 Å². The van der Waals surface area contributed by atoms with Crippen molar-refractivity contribution < 1.29 is 28.4 Å². The zero-order valence-corrected chi connectivity index (χ0v) is 15.7. The normalized spacial score (nSPS) is 11.5. The number of azo groups is 1. The number of amides is 1. The van der Waals surface area contributed by atoms with Crippen LogP contribution in [0, 0.1) is 0 Å². The van der Waals surface area contributed by atoms with Crippen molar-refractivity contribution in [2.24, 2.45) is 10.2 Å². The number of rotatable bonds is 9. The van der Waals surface area contributed by atoms with Crippen LogP contribution in [0.4, 0.5) is 23.0 Å². The van der Waals surface area contributed by atoms with Gasteiger partial charge in [-0.15, -0.1) is 10.2 Å². The maximum absolute atomic E-state index is 11.5. The number of ether oxygens (including phenoxy) is 1. The van der Waals surface area contributed by atoms with Gasteiger partial charge in [0.25, 0.3) is 0 Å². The lowest BCUT2D eigenvalue weighted by Gasteiger charge is -2.09. The van der Waals surface area contributed by atoms with E-state index in [0.29, 0.717) is 0 Å². The molecule has 12 nitrogen and oxygen atoms in total. The number of pyridine rings is 1. The fourth-order valence-electron chi connectivity index (χ4n) is 1.90. The Kier molecular flexibility index (Phi) is 7.55. The third-order valence-electron chi connectivity index (χ3n) is 3.07. The van der Waals surface area contributed by atoms with Gasteiger partial charge in [0.1, 0.15) is 22.9 Å². The minimum absolute atomic E-state index is 0.0502. The van der Waals surface area contributed by atoms with E-state index in [-0.39, 0.29) is 41.2 Å². The molecule has 0 unspecified atom stereocenters. The molecule has 6 N–H and O–H groups in total. The number of phosphoric acid groups is 1. The quantitative estimate of drug-likeness (QED) is 0.233. The lowest BCUT2D eigenvalue weighted by atomic mass is 10.3. The monoisotopic (exact) mass is 410 g/mol. The Balaban J connectivity index is 2.09. The summed E-state index contributed by atoms with van der Waals surface area (Å²) in [6.07, 6.45) is 0. The van der Waals surface area contributed by atoms with E-state index < -0.39 is 14.6 Å². The molecule has 28 heavy (non-hydrogen) atoms. The van der Waals surface area contributed by atoms with Gasteiger partial charge in [0.2, 0.25) is 5.91 Å². The summed E-state index contributed by atoms with van der Waals surface area (Å²) < 4.78 is 20.1. The molecule has 1 aromatic heterocycles. The molecular weight excluding hydrogens is 391 g/mol. The van der Waals surface area contributed by atoms with Gasteiger partial charge >= 0.3 is 7.82 Å². The van der Waals surface area contributed by atoms with Crippen LogP contribution in [0.3, 0.4) is 0 Å². The summed E-state index contributed by atoms with van der Waals surface area (Å²) in [5.41, 5.74) is 6.37. The lowest BCUT2D eigenvalue weighted by molar-refractivity contribution is -0.115. The highest BCUT2D eigenvalue weighted by Crippen LogP contribution is 2.36. The summed E-state index contributed by atoms with van der Waals surface area (Å²) >= 11 is 0. The van der Waals surface area contributed by atoms with Crippen LogP contribution in [0.15, 0.2) is 46.6 Å². The first-order chi connectivity index (χ1) is 13.3. The Labute approximate surface area is 160 Å². The van der Waals surface area contributed by atoms with Crippen LogP contribution in [0.1, 0.15) is 0 Å². The number of carbonyl (C=O) groups excluding carboxylic acids is 1. The largest absolute Gasteiger partial charge is 0.472 e. The van der Waals surface area contributed by atoms with Crippen molar-refractivity contribution >= 4 is 36.7 Å². The van der Waals surface area contributed by atoms with Gasteiger partial charge in [0.05, 0.1) is 6.54 Å². The molecule has 0 aliphatic heterocycles. The second kappa shape index (κ2) is 9.88. The maximum atomic E-state index is 11.5. The SMILES string of the molecule is CNCC(=O)Nc1ccc(/N=N/c2ccccc2OCOP(=O)(O)O)c(N)n1. The van der Waals surface area contributed by atoms with E-state index in [1.807, 2.05) is 0 Å². The maximum Gasteiger partial charge on any atom is 0.472 e. The molecule has 0 bridgehead atoms. The Morgan fingerprint density at radius 2 is 1.93 bits per heavy atom. The highest BCUT2D eigenvalue weighted by Gasteiger charge is 2.14. The van der Waals surface area contributed by atoms with Crippen LogP contribution in [0.5, 0.6) is 5.75 Å². The number of carbonyl (C=O) groups is 1. The molecule has 0 spiro atoms. The average molecular weight is 410 g/mol. The van der Waals surface area contributed by atoms with Crippen LogP contribution >= 0.6 is 7.82 Å². The van der Waals surface area contributed by atoms with Crippen molar-refractivity contribution in [2.45, 2.75) is 0 Å². The number of nitrogens with two attached hydrogens (primary N) is 1. The predicted molar refractivity (Wildman–Crippen MR) is 100 cm³/mol. The van der Waals surface area contributed by atoms with Gasteiger partial charge in [0.15, 0.2) is 12.6 Å². The number of phosphoric ester groups is 1. The van der Waals surface area contributed by atoms with Crippen LogP contribution in [-0.4, -0.2) is 41.1 Å². The number of hydrogen-bond acceptors (Lipinski definition) is 9. The van der Waals surface area contributed by atoms with Crippen molar-refractivity contribution in [1.29, 1.82) is 0 Å². The molecule has 13 heteroatoms. The van der Waals surface area contributed by atoms with Gasteiger partial charge in [-0.05, 0) is 31.3 Å². The van der Waals surface area contributed by atoms with Gasteiger partial charge in [-0.25, -0.2) is 14.1 Å². The zero-order chi connectivity index (χ0) is 20.6. The van der Waals surface area contributed by atoms with Crippen LogP contribution in [0.2, 0.25) is 0 Å². The number of aromatic nitrogens is 1. The molecule has 0 saturated heterocycles. The molecule has 0 fully saturated rings. The number of anilines is 2. The van der Waals surface area contributed by atoms with E-state index in [9.17, 15) is 9.36 Å². The van der Waals surface area contributed by atoms with Crippen molar-refractivity contribution in [3.8, 4) is 5.75 Å². The summed E-state index contributed by atoms with van der Waals surface area (Å²) in [6, 6.07) is 9.47. The Hall–Kier alpha value is -2.89. The molecule has 0 atom stereocenters. The summed E-state index contributed by atoms with van der Waals surface area (Å²) in [5, 5.41) is 13.3.